The second kappa shape index (κ2) is 9.54. The van der Waals surface area contributed by atoms with E-state index in [1.807, 2.05) is 38.1 Å². The van der Waals surface area contributed by atoms with E-state index in [1.54, 1.807) is 48.5 Å². The van der Waals surface area contributed by atoms with Crippen LogP contribution in [0.25, 0.3) is 0 Å². The first-order chi connectivity index (χ1) is 16.7. The molecule has 178 valence electrons. The minimum absolute atomic E-state index is 0.271. The Morgan fingerprint density at radius 3 is 1.86 bits per heavy atom. The molecule has 0 fully saturated rings. The normalized spacial score (nSPS) is 14.3. The zero-order chi connectivity index (χ0) is 25.3. The summed E-state index contributed by atoms with van der Waals surface area (Å²) in [6.07, 6.45) is 0. The first kappa shape index (κ1) is 23.9. The summed E-state index contributed by atoms with van der Waals surface area (Å²) in [6.45, 7) is 5.31. The Morgan fingerprint density at radius 2 is 1.31 bits per heavy atom. The first-order valence-electron chi connectivity index (χ1n) is 11.4. The topological polar surface area (TPSA) is 86.8 Å². The van der Waals surface area contributed by atoms with Gasteiger partial charge in [0.2, 0.25) is 5.91 Å². The number of likely N-dealkylation sites (N-methyl/N-ethyl adjacent to an activating group) is 1. The third kappa shape index (κ3) is 4.33. The van der Waals surface area contributed by atoms with E-state index in [1.165, 1.54) is 18.9 Å². The number of carbonyl (C=O) groups excluding carboxylic acids is 4. The van der Waals surface area contributed by atoms with Gasteiger partial charge in [-0.2, -0.15) is 0 Å². The lowest BCUT2D eigenvalue weighted by atomic mass is 10.0. The van der Waals surface area contributed by atoms with Crippen molar-refractivity contribution in [2.24, 2.45) is 0 Å². The van der Waals surface area contributed by atoms with Crippen LogP contribution < -0.4 is 5.32 Å². The Morgan fingerprint density at radius 1 is 0.800 bits per heavy atom. The number of rotatable bonds is 6. The maximum absolute atomic E-state index is 13.6. The van der Waals surface area contributed by atoms with E-state index in [4.69, 9.17) is 0 Å². The molecule has 1 aliphatic rings. The van der Waals surface area contributed by atoms with E-state index < -0.39 is 29.8 Å². The molecule has 35 heavy (non-hydrogen) atoms. The highest BCUT2D eigenvalue weighted by atomic mass is 16.2. The molecule has 3 aromatic rings. The van der Waals surface area contributed by atoms with Gasteiger partial charge in [-0.25, -0.2) is 0 Å². The average molecular weight is 470 g/mol. The number of imide groups is 1. The highest BCUT2D eigenvalue weighted by Crippen LogP contribution is 2.29. The number of aryl methyl sites for hydroxylation is 2. The standard InChI is InChI=1S/C28H27N3O4/c1-17-11-10-12-18(2)23(17)29-25(32)24(20-13-6-5-7-14-20)30(4)26(33)19(3)31-27(34)21-15-8-9-16-22(21)28(31)35/h5-16,19,24H,1-4H3,(H,29,32). The maximum Gasteiger partial charge on any atom is 0.262 e. The number of fused-ring (bicyclic) bond motifs is 1. The monoisotopic (exact) mass is 469 g/mol. The number of nitrogens with zero attached hydrogens (tertiary/aromatic N) is 2. The molecule has 3 aromatic carbocycles. The number of amides is 4. The molecule has 1 aliphatic heterocycles. The molecule has 0 aliphatic carbocycles. The number of hydrogen-bond acceptors (Lipinski definition) is 4. The summed E-state index contributed by atoms with van der Waals surface area (Å²) in [5.41, 5.74) is 3.64. The molecule has 1 N–H and O–H groups in total. The molecule has 0 radical (unpaired) electrons. The van der Waals surface area contributed by atoms with Gasteiger partial charge in [0, 0.05) is 12.7 Å². The Kier molecular flexibility index (Phi) is 6.51. The molecule has 0 aromatic heterocycles. The predicted molar refractivity (Wildman–Crippen MR) is 133 cm³/mol. The zero-order valence-electron chi connectivity index (χ0n) is 20.1. The van der Waals surface area contributed by atoms with Crippen LogP contribution in [0.5, 0.6) is 0 Å². The summed E-state index contributed by atoms with van der Waals surface area (Å²) >= 11 is 0. The van der Waals surface area contributed by atoms with Gasteiger partial charge in [0.1, 0.15) is 12.1 Å². The van der Waals surface area contributed by atoms with E-state index in [9.17, 15) is 19.2 Å². The van der Waals surface area contributed by atoms with Gasteiger partial charge in [0.05, 0.1) is 11.1 Å². The van der Waals surface area contributed by atoms with E-state index in [2.05, 4.69) is 5.32 Å². The van der Waals surface area contributed by atoms with Crippen LogP contribution in [-0.2, 0) is 9.59 Å². The molecule has 2 unspecified atom stereocenters. The van der Waals surface area contributed by atoms with Crippen LogP contribution in [0.3, 0.4) is 0 Å². The highest BCUT2D eigenvalue weighted by Gasteiger charge is 2.43. The fourth-order valence-corrected chi connectivity index (χ4v) is 4.48. The molecule has 0 bridgehead atoms. The summed E-state index contributed by atoms with van der Waals surface area (Å²) in [6, 6.07) is 19.1. The largest absolute Gasteiger partial charge is 0.328 e. The Labute approximate surface area is 204 Å². The average Bonchev–Trinajstić information content (AvgIpc) is 3.11. The molecule has 0 saturated carbocycles. The van der Waals surface area contributed by atoms with Gasteiger partial charge >= 0.3 is 0 Å². The third-order valence-electron chi connectivity index (χ3n) is 6.40. The van der Waals surface area contributed by atoms with Crippen molar-refractivity contribution in [1.82, 2.24) is 9.80 Å². The van der Waals surface area contributed by atoms with Gasteiger partial charge in [0.25, 0.3) is 17.7 Å². The summed E-state index contributed by atoms with van der Waals surface area (Å²) in [5, 5.41) is 2.97. The lowest BCUT2D eigenvalue weighted by Gasteiger charge is -2.32. The predicted octanol–water partition coefficient (Wildman–Crippen LogP) is 4.13. The lowest BCUT2D eigenvalue weighted by molar-refractivity contribution is -0.140. The van der Waals surface area contributed by atoms with Crippen molar-refractivity contribution in [2.45, 2.75) is 32.9 Å². The van der Waals surface area contributed by atoms with E-state index in [0.717, 1.165) is 16.0 Å². The molecular weight excluding hydrogens is 442 g/mol. The molecule has 2 atom stereocenters. The number of carbonyl (C=O) groups is 4. The fraction of sp³-hybridized carbons (Fsp3) is 0.214. The number of nitrogens with one attached hydrogen (secondary N) is 1. The number of anilines is 1. The van der Waals surface area contributed by atoms with Gasteiger partial charge in [-0.1, -0.05) is 60.7 Å². The Bertz CT molecular complexity index is 1260. The van der Waals surface area contributed by atoms with Gasteiger partial charge in [0.15, 0.2) is 0 Å². The second-order valence-electron chi connectivity index (χ2n) is 8.72. The number of para-hydroxylation sites is 1. The SMILES string of the molecule is Cc1cccc(C)c1NC(=O)C(c1ccccc1)N(C)C(=O)C(C)N1C(=O)c2ccccc2C1=O. The molecule has 7 heteroatoms. The molecular formula is C28H27N3O4. The number of benzene rings is 3. The summed E-state index contributed by atoms with van der Waals surface area (Å²) < 4.78 is 0. The molecule has 4 amide bonds. The van der Waals surface area contributed by atoms with Crippen LogP contribution >= 0.6 is 0 Å². The minimum Gasteiger partial charge on any atom is -0.328 e. The molecule has 0 spiro atoms. The van der Waals surface area contributed by atoms with Gasteiger partial charge in [-0.15, -0.1) is 0 Å². The lowest BCUT2D eigenvalue weighted by Crippen LogP contribution is -2.50. The van der Waals surface area contributed by atoms with Crippen LogP contribution in [0.2, 0.25) is 0 Å². The van der Waals surface area contributed by atoms with Crippen LogP contribution in [0, 0.1) is 13.8 Å². The number of hydrogen-bond donors (Lipinski definition) is 1. The molecule has 7 nitrogen and oxygen atoms in total. The van der Waals surface area contributed by atoms with Crippen molar-refractivity contribution in [3.63, 3.8) is 0 Å². The second-order valence-corrected chi connectivity index (χ2v) is 8.72. The zero-order valence-corrected chi connectivity index (χ0v) is 20.1. The van der Waals surface area contributed by atoms with Crippen LogP contribution in [0.15, 0.2) is 72.8 Å². The maximum atomic E-state index is 13.6. The van der Waals surface area contributed by atoms with Gasteiger partial charge in [-0.3, -0.25) is 24.1 Å². The minimum atomic E-state index is -1.09. The van der Waals surface area contributed by atoms with Crippen molar-refractivity contribution in [3.8, 4) is 0 Å². The summed E-state index contributed by atoms with van der Waals surface area (Å²) in [7, 11) is 1.51. The van der Waals surface area contributed by atoms with Crippen molar-refractivity contribution in [3.05, 3.63) is 101 Å². The Hall–Kier alpha value is -4.26. The smallest absolute Gasteiger partial charge is 0.262 e. The summed E-state index contributed by atoms with van der Waals surface area (Å²) in [5.74, 6) is -1.95. The van der Waals surface area contributed by atoms with Crippen LogP contribution in [-0.4, -0.2) is 46.5 Å². The van der Waals surface area contributed by atoms with Crippen LogP contribution in [0.1, 0.15) is 50.4 Å². The van der Waals surface area contributed by atoms with Gasteiger partial charge < -0.3 is 10.2 Å². The molecule has 0 saturated heterocycles. The van der Waals surface area contributed by atoms with E-state index in [0.29, 0.717) is 11.3 Å². The molecule has 4 rings (SSSR count). The summed E-state index contributed by atoms with van der Waals surface area (Å²) in [4.78, 5) is 55.2. The van der Waals surface area contributed by atoms with Crippen LogP contribution in [0.4, 0.5) is 5.69 Å². The Balaban J connectivity index is 1.64. The quantitative estimate of drug-likeness (QED) is 0.550. The van der Waals surface area contributed by atoms with E-state index >= 15 is 0 Å². The van der Waals surface area contributed by atoms with Crippen molar-refractivity contribution in [2.75, 3.05) is 12.4 Å². The van der Waals surface area contributed by atoms with Crippen molar-refractivity contribution in [1.29, 1.82) is 0 Å². The van der Waals surface area contributed by atoms with Gasteiger partial charge in [-0.05, 0) is 49.6 Å². The highest BCUT2D eigenvalue weighted by molar-refractivity contribution is 6.22. The van der Waals surface area contributed by atoms with Crippen molar-refractivity contribution < 1.29 is 19.2 Å². The first-order valence-corrected chi connectivity index (χ1v) is 11.4. The fourth-order valence-electron chi connectivity index (χ4n) is 4.48. The van der Waals surface area contributed by atoms with Crippen molar-refractivity contribution >= 4 is 29.3 Å². The molecule has 1 heterocycles. The van der Waals surface area contributed by atoms with E-state index in [-0.39, 0.29) is 17.0 Å². The third-order valence-corrected chi connectivity index (χ3v) is 6.40.